The second kappa shape index (κ2) is 8.28. The average Bonchev–Trinajstić information content (AvgIpc) is 3.13. The van der Waals surface area contributed by atoms with Crippen LogP contribution in [0.4, 0.5) is 5.69 Å². The van der Waals surface area contributed by atoms with Gasteiger partial charge in [0.2, 0.25) is 0 Å². The van der Waals surface area contributed by atoms with Crippen LogP contribution in [0.1, 0.15) is 39.4 Å². The fraction of sp³-hybridized carbons (Fsp3) is 0.458. The van der Waals surface area contributed by atoms with Crippen molar-refractivity contribution in [2.75, 3.05) is 24.6 Å². The van der Waals surface area contributed by atoms with Gasteiger partial charge in [-0.2, -0.15) is 0 Å². The molecule has 0 spiro atoms. The van der Waals surface area contributed by atoms with Crippen LogP contribution in [0.3, 0.4) is 0 Å². The highest BCUT2D eigenvalue weighted by atomic mass is 32.2. The lowest BCUT2D eigenvalue weighted by molar-refractivity contribution is 0.0611. The molecule has 3 aromatic rings. The van der Waals surface area contributed by atoms with Gasteiger partial charge in [-0.25, -0.2) is 13.4 Å². The Balaban J connectivity index is 1.83. The Morgan fingerprint density at radius 1 is 1.06 bits per heavy atom. The van der Waals surface area contributed by atoms with Crippen molar-refractivity contribution in [3.63, 3.8) is 0 Å². The molecular weight excluding hydrogens is 410 g/mol. The van der Waals surface area contributed by atoms with Gasteiger partial charge in [0.05, 0.1) is 16.1 Å². The number of aromatic nitrogens is 2. The predicted molar refractivity (Wildman–Crippen MR) is 124 cm³/mol. The lowest BCUT2D eigenvalue weighted by Gasteiger charge is -2.26. The van der Waals surface area contributed by atoms with E-state index in [2.05, 4.69) is 25.3 Å². The molecule has 1 aliphatic heterocycles. The summed E-state index contributed by atoms with van der Waals surface area (Å²) in [5.74, 6) is 1.51. The molecule has 7 heteroatoms. The van der Waals surface area contributed by atoms with Crippen molar-refractivity contribution >= 4 is 26.7 Å². The Morgan fingerprint density at radius 3 is 2.39 bits per heavy atom. The molecule has 0 saturated carbocycles. The van der Waals surface area contributed by atoms with Crippen LogP contribution in [0, 0.1) is 5.92 Å². The van der Waals surface area contributed by atoms with Gasteiger partial charge in [0, 0.05) is 32.2 Å². The zero-order chi connectivity index (χ0) is 22.2. The standard InChI is InChI=1S/C24H31N3O3S/c1-24(2,3)23-25-22-20(26(4)31(28,29)19-9-6-5-7-10-19)11-8-12-21(22)27(23)17-18-13-15-30-16-14-18/h5-12,18H,13-17H2,1-4H3. The van der Waals surface area contributed by atoms with Crippen LogP contribution in [-0.2, 0) is 26.7 Å². The lowest BCUT2D eigenvalue weighted by atomic mass is 9.94. The molecule has 31 heavy (non-hydrogen) atoms. The lowest BCUT2D eigenvalue weighted by Crippen LogP contribution is -2.26. The maximum absolute atomic E-state index is 13.3. The number of sulfonamides is 1. The topological polar surface area (TPSA) is 64.4 Å². The number of ether oxygens (including phenoxy) is 1. The van der Waals surface area contributed by atoms with Crippen molar-refractivity contribution in [1.82, 2.24) is 9.55 Å². The molecular formula is C24H31N3O3S. The van der Waals surface area contributed by atoms with Crippen LogP contribution in [0.15, 0.2) is 53.4 Å². The van der Waals surface area contributed by atoms with E-state index in [1.165, 1.54) is 4.31 Å². The van der Waals surface area contributed by atoms with Crippen LogP contribution in [0.5, 0.6) is 0 Å². The Bertz CT molecular complexity index is 1160. The number of anilines is 1. The fourth-order valence-corrected chi connectivity index (χ4v) is 5.43. The third kappa shape index (κ3) is 4.21. The van der Waals surface area contributed by atoms with Gasteiger partial charge in [-0.15, -0.1) is 0 Å². The van der Waals surface area contributed by atoms with Crippen molar-refractivity contribution in [1.29, 1.82) is 0 Å². The van der Waals surface area contributed by atoms with E-state index >= 15 is 0 Å². The summed E-state index contributed by atoms with van der Waals surface area (Å²) in [5, 5.41) is 0. The molecule has 2 aromatic carbocycles. The van der Waals surface area contributed by atoms with E-state index < -0.39 is 10.0 Å². The molecule has 6 nitrogen and oxygen atoms in total. The highest BCUT2D eigenvalue weighted by Crippen LogP contribution is 2.34. The first-order valence-corrected chi connectivity index (χ1v) is 12.2. The molecule has 4 rings (SSSR count). The highest BCUT2D eigenvalue weighted by molar-refractivity contribution is 7.92. The quantitative estimate of drug-likeness (QED) is 0.581. The summed E-state index contributed by atoms with van der Waals surface area (Å²) in [6, 6.07) is 14.3. The van der Waals surface area contributed by atoms with Crippen LogP contribution < -0.4 is 4.31 Å². The van der Waals surface area contributed by atoms with Gasteiger partial charge in [-0.05, 0) is 43.0 Å². The average molecular weight is 442 g/mol. The number of para-hydroxylation sites is 1. The molecule has 0 aliphatic carbocycles. The monoisotopic (exact) mass is 441 g/mol. The van der Waals surface area contributed by atoms with E-state index in [1.54, 1.807) is 31.3 Å². The second-order valence-corrected chi connectivity index (χ2v) is 11.3. The molecule has 2 heterocycles. The van der Waals surface area contributed by atoms with Gasteiger partial charge in [0.1, 0.15) is 11.3 Å². The third-order valence-corrected chi connectivity index (χ3v) is 7.74. The van der Waals surface area contributed by atoms with Crippen LogP contribution in [-0.4, -0.2) is 38.2 Å². The van der Waals surface area contributed by atoms with Gasteiger partial charge < -0.3 is 9.30 Å². The Hall–Kier alpha value is -2.38. The molecule has 0 unspecified atom stereocenters. The first-order chi connectivity index (χ1) is 14.7. The normalized spacial score (nSPS) is 16.0. The van der Waals surface area contributed by atoms with E-state index in [9.17, 15) is 8.42 Å². The second-order valence-electron chi connectivity index (χ2n) is 9.28. The van der Waals surface area contributed by atoms with Gasteiger partial charge >= 0.3 is 0 Å². The Labute approximate surface area is 184 Å². The number of hydrogen-bond donors (Lipinski definition) is 0. The number of imidazole rings is 1. The first-order valence-electron chi connectivity index (χ1n) is 10.8. The van der Waals surface area contributed by atoms with Gasteiger partial charge in [0.25, 0.3) is 10.0 Å². The zero-order valence-electron chi connectivity index (χ0n) is 18.7. The molecule has 1 fully saturated rings. The molecule has 1 aliphatic rings. The van der Waals surface area contributed by atoms with Crippen molar-refractivity contribution in [3.8, 4) is 0 Å². The molecule has 166 valence electrons. The molecule has 0 bridgehead atoms. The van der Waals surface area contributed by atoms with Gasteiger partial charge in [-0.1, -0.05) is 45.0 Å². The largest absolute Gasteiger partial charge is 0.381 e. The Kier molecular flexibility index (Phi) is 5.83. The summed E-state index contributed by atoms with van der Waals surface area (Å²) in [7, 11) is -2.08. The number of fused-ring (bicyclic) bond motifs is 1. The SMILES string of the molecule is CN(c1cccc2c1nc(C(C)(C)C)n2CC1CCOCC1)S(=O)(=O)c1ccccc1. The van der Waals surface area contributed by atoms with E-state index in [1.807, 2.05) is 24.3 Å². The highest BCUT2D eigenvalue weighted by Gasteiger charge is 2.29. The predicted octanol–water partition coefficient (Wildman–Crippen LogP) is 4.59. The summed E-state index contributed by atoms with van der Waals surface area (Å²) < 4.78 is 35.7. The molecule has 1 saturated heterocycles. The molecule has 1 aromatic heterocycles. The van der Waals surface area contributed by atoms with Crippen molar-refractivity contribution in [2.45, 2.75) is 50.5 Å². The van der Waals surface area contributed by atoms with Crippen molar-refractivity contribution in [2.24, 2.45) is 5.92 Å². The summed E-state index contributed by atoms with van der Waals surface area (Å²) in [6.07, 6.45) is 2.07. The third-order valence-electron chi connectivity index (χ3n) is 5.95. The number of rotatable bonds is 5. The van der Waals surface area contributed by atoms with Gasteiger partial charge in [0.15, 0.2) is 0 Å². The number of benzene rings is 2. The van der Waals surface area contributed by atoms with Crippen LogP contribution in [0.2, 0.25) is 0 Å². The van der Waals surface area contributed by atoms with E-state index in [4.69, 9.17) is 9.72 Å². The maximum atomic E-state index is 13.3. The summed E-state index contributed by atoms with van der Waals surface area (Å²) in [6.45, 7) is 8.92. The minimum Gasteiger partial charge on any atom is -0.381 e. The summed E-state index contributed by atoms with van der Waals surface area (Å²) in [4.78, 5) is 5.27. The summed E-state index contributed by atoms with van der Waals surface area (Å²) in [5.41, 5.74) is 2.13. The zero-order valence-corrected chi connectivity index (χ0v) is 19.5. The minimum atomic E-state index is -3.68. The van der Waals surface area contributed by atoms with Crippen molar-refractivity contribution in [3.05, 3.63) is 54.4 Å². The molecule has 0 amide bonds. The first kappa shape index (κ1) is 21.8. The van der Waals surface area contributed by atoms with E-state index in [-0.39, 0.29) is 10.3 Å². The van der Waals surface area contributed by atoms with Crippen LogP contribution >= 0.6 is 0 Å². The Morgan fingerprint density at radius 2 is 1.74 bits per heavy atom. The minimum absolute atomic E-state index is 0.168. The van der Waals surface area contributed by atoms with Gasteiger partial charge in [-0.3, -0.25) is 4.31 Å². The van der Waals surface area contributed by atoms with E-state index in [0.29, 0.717) is 11.6 Å². The summed E-state index contributed by atoms with van der Waals surface area (Å²) >= 11 is 0. The number of nitrogens with zero attached hydrogens (tertiary/aromatic N) is 3. The molecule has 0 radical (unpaired) electrons. The maximum Gasteiger partial charge on any atom is 0.264 e. The van der Waals surface area contributed by atoms with Crippen molar-refractivity contribution < 1.29 is 13.2 Å². The molecule has 0 atom stereocenters. The molecule has 0 N–H and O–H groups in total. The van der Waals surface area contributed by atoms with E-state index in [0.717, 1.165) is 49.5 Å². The number of hydrogen-bond acceptors (Lipinski definition) is 4. The fourth-order valence-electron chi connectivity index (χ4n) is 4.21. The smallest absolute Gasteiger partial charge is 0.264 e. The van der Waals surface area contributed by atoms with Crippen LogP contribution in [0.25, 0.3) is 11.0 Å².